The largest absolute Gasteiger partial charge is 0.487 e. The minimum absolute atomic E-state index is 0.179. The van der Waals surface area contributed by atoms with E-state index >= 15 is 0 Å². The summed E-state index contributed by atoms with van der Waals surface area (Å²) < 4.78 is 35.8. The van der Waals surface area contributed by atoms with Crippen LogP contribution in [0.5, 0.6) is 0 Å². The first kappa shape index (κ1) is 14.5. The van der Waals surface area contributed by atoms with Gasteiger partial charge in [0.05, 0.1) is 6.10 Å². The van der Waals surface area contributed by atoms with E-state index in [1.165, 1.54) is 0 Å². The standard InChI is InChI=1S/C14H14F2O4/c1-8(2)19-11-10(9-6-4-3-5-7-9)12(17)20-14(11,18)13(15)16/h3-8,13,18H,1-2H3. The average molecular weight is 284 g/mol. The number of carbonyl (C=O) groups excluding carboxylic acids is 1. The number of rotatable bonds is 4. The first-order valence-corrected chi connectivity index (χ1v) is 6.07. The summed E-state index contributed by atoms with van der Waals surface area (Å²) in [5, 5.41) is 9.90. The molecular weight excluding hydrogens is 270 g/mol. The molecule has 4 nitrogen and oxygen atoms in total. The maximum Gasteiger partial charge on any atom is 0.345 e. The lowest BCUT2D eigenvalue weighted by atomic mass is 10.0. The number of benzene rings is 1. The summed E-state index contributed by atoms with van der Waals surface area (Å²) in [6.07, 6.45) is -3.80. The van der Waals surface area contributed by atoms with Crippen molar-refractivity contribution >= 4 is 11.5 Å². The van der Waals surface area contributed by atoms with Crippen molar-refractivity contribution < 1.29 is 28.2 Å². The number of hydrogen-bond acceptors (Lipinski definition) is 4. The van der Waals surface area contributed by atoms with Crippen molar-refractivity contribution in [2.45, 2.75) is 32.2 Å². The normalized spacial score (nSPS) is 22.6. The molecule has 1 heterocycles. The summed E-state index contributed by atoms with van der Waals surface area (Å²) in [5.41, 5.74) is 0.173. The molecule has 1 aromatic carbocycles. The van der Waals surface area contributed by atoms with Crippen LogP contribution in [0.1, 0.15) is 19.4 Å². The number of cyclic esters (lactones) is 1. The molecule has 0 saturated heterocycles. The number of alkyl halides is 2. The number of aliphatic hydroxyl groups is 1. The van der Waals surface area contributed by atoms with Gasteiger partial charge >= 0.3 is 18.2 Å². The van der Waals surface area contributed by atoms with Crippen molar-refractivity contribution in [1.29, 1.82) is 0 Å². The van der Waals surface area contributed by atoms with Gasteiger partial charge in [-0.25, -0.2) is 13.6 Å². The third kappa shape index (κ3) is 2.38. The van der Waals surface area contributed by atoms with E-state index in [2.05, 4.69) is 4.74 Å². The summed E-state index contributed by atoms with van der Waals surface area (Å²) >= 11 is 0. The van der Waals surface area contributed by atoms with Crippen LogP contribution in [0.2, 0.25) is 0 Å². The van der Waals surface area contributed by atoms with Gasteiger partial charge in [0.25, 0.3) is 0 Å². The van der Waals surface area contributed by atoms with Crippen LogP contribution in [0.4, 0.5) is 8.78 Å². The Bertz CT molecular complexity index is 539. The van der Waals surface area contributed by atoms with Gasteiger partial charge in [0.2, 0.25) is 0 Å². The summed E-state index contributed by atoms with van der Waals surface area (Å²) in [5.74, 6) is -4.61. The molecular formula is C14H14F2O4. The van der Waals surface area contributed by atoms with Gasteiger partial charge in [0.15, 0.2) is 5.76 Å². The lowest BCUT2D eigenvalue weighted by molar-refractivity contribution is -0.242. The van der Waals surface area contributed by atoms with Gasteiger partial charge in [0.1, 0.15) is 5.57 Å². The van der Waals surface area contributed by atoms with Crippen LogP contribution in [-0.4, -0.2) is 29.4 Å². The molecule has 0 aromatic heterocycles. The van der Waals surface area contributed by atoms with Crippen LogP contribution >= 0.6 is 0 Å². The van der Waals surface area contributed by atoms with Crippen molar-refractivity contribution in [3.8, 4) is 0 Å². The van der Waals surface area contributed by atoms with Gasteiger partial charge in [-0.2, -0.15) is 0 Å². The molecule has 1 aromatic rings. The van der Waals surface area contributed by atoms with Gasteiger partial charge in [-0.3, -0.25) is 0 Å². The Labute approximate surface area is 114 Å². The quantitative estimate of drug-likeness (QED) is 0.862. The van der Waals surface area contributed by atoms with Crippen molar-refractivity contribution in [2.24, 2.45) is 0 Å². The highest BCUT2D eigenvalue weighted by molar-refractivity contribution is 6.19. The van der Waals surface area contributed by atoms with Crippen LogP contribution in [0.3, 0.4) is 0 Å². The molecule has 1 atom stereocenters. The topological polar surface area (TPSA) is 55.8 Å². The van der Waals surface area contributed by atoms with E-state index < -0.39 is 30.0 Å². The van der Waals surface area contributed by atoms with Crippen molar-refractivity contribution in [2.75, 3.05) is 0 Å². The first-order valence-electron chi connectivity index (χ1n) is 6.07. The summed E-state index contributed by atoms with van der Waals surface area (Å²) in [6, 6.07) is 8.10. The van der Waals surface area contributed by atoms with Gasteiger partial charge in [0, 0.05) is 0 Å². The molecule has 0 saturated carbocycles. The molecule has 20 heavy (non-hydrogen) atoms. The molecule has 1 unspecified atom stereocenters. The second-order valence-electron chi connectivity index (χ2n) is 4.62. The Balaban J connectivity index is 2.59. The molecule has 0 aliphatic carbocycles. The van der Waals surface area contributed by atoms with E-state index in [9.17, 15) is 18.7 Å². The smallest absolute Gasteiger partial charge is 0.345 e. The molecule has 0 amide bonds. The van der Waals surface area contributed by atoms with Gasteiger partial charge < -0.3 is 14.6 Å². The third-order valence-corrected chi connectivity index (χ3v) is 2.72. The SMILES string of the molecule is CC(C)OC1=C(c2ccccc2)C(=O)OC1(O)C(F)F. The highest BCUT2D eigenvalue weighted by atomic mass is 19.3. The average Bonchev–Trinajstić information content (AvgIpc) is 2.62. The molecule has 0 radical (unpaired) electrons. The maximum absolute atomic E-state index is 13.0. The number of ether oxygens (including phenoxy) is 2. The van der Waals surface area contributed by atoms with Crippen LogP contribution in [0.15, 0.2) is 36.1 Å². The fraction of sp³-hybridized carbons (Fsp3) is 0.357. The number of halogens is 2. The van der Waals surface area contributed by atoms with E-state index in [1.807, 2.05) is 0 Å². The molecule has 0 bridgehead atoms. The van der Waals surface area contributed by atoms with Gasteiger partial charge in [-0.05, 0) is 19.4 Å². The lowest BCUT2D eigenvalue weighted by Gasteiger charge is -2.24. The van der Waals surface area contributed by atoms with Crippen molar-refractivity contribution in [3.05, 3.63) is 41.7 Å². The van der Waals surface area contributed by atoms with Crippen molar-refractivity contribution in [3.63, 3.8) is 0 Å². The number of hydrogen-bond donors (Lipinski definition) is 1. The minimum Gasteiger partial charge on any atom is -0.487 e. The Morgan fingerprint density at radius 3 is 2.35 bits per heavy atom. The summed E-state index contributed by atoms with van der Waals surface area (Å²) in [6.45, 7) is 3.20. The second kappa shape index (κ2) is 5.20. The molecule has 6 heteroatoms. The number of esters is 1. The van der Waals surface area contributed by atoms with Crippen LogP contribution < -0.4 is 0 Å². The fourth-order valence-corrected chi connectivity index (χ4v) is 1.89. The Kier molecular flexibility index (Phi) is 3.76. The van der Waals surface area contributed by atoms with Crippen molar-refractivity contribution in [1.82, 2.24) is 0 Å². The Morgan fingerprint density at radius 2 is 1.85 bits per heavy atom. The molecule has 1 aliphatic rings. The first-order chi connectivity index (χ1) is 9.36. The van der Waals surface area contributed by atoms with E-state index in [0.29, 0.717) is 5.56 Å². The predicted molar refractivity (Wildman–Crippen MR) is 66.6 cm³/mol. The van der Waals surface area contributed by atoms with Gasteiger partial charge in [-0.1, -0.05) is 30.3 Å². The molecule has 2 rings (SSSR count). The lowest BCUT2D eigenvalue weighted by Crippen LogP contribution is -2.41. The highest BCUT2D eigenvalue weighted by Crippen LogP contribution is 2.41. The summed E-state index contributed by atoms with van der Waals surface area (Å²) in [7, 11) is 0. The van der Waals surface area contributed by atoms with Gasteiger partial charge in [-0.15, -0.1) is 0 Å². The van der Waals surface area contributed by atoms with E-state index in [-0.39, 0.29) is 5.57 Å². The van der Waals surface area contributed by atoms with E-state index in [1.54, 1.807) is 44.2 Å². The number of carbonyl (C=O) groups is 1. The summed E-state index contributed by atoms with van der Waals surface area (Å²) in [4.78, 5) is 11.8. The zero-order valence-electron chi connectivity index (χ0n) is 11.0. The monoisotopic (exact) mass is 284 g/mol. The molecule has 1 N–H and O–H groups in total. The fourth-order valence-electron chi connectivity index (χ4n) is 1.89. The third-order valence-electron chi connectivity index (χ3n) is 2.72. The zero-order valence-corrected chi connectivity index (χ0v) is 11.0. The Hall–Kier alpha value is -1.95. The van der Waals surface area contributed by atoms with E-state index in [0.717, 1.165) is 0 Å². The maximum atomic E-state index is 13.0. The van der Waals surface area contributed by atoms with Crippen LogP contribution in [-0.2, 0) is 14.3 Å². The molecule has 1 aliphatic heterocycles. The molecule has 0 fully saturated rings. The molecule has 0 spiro atoms. The highest BCUT2D eigenvalue weighted by Gasteiger charge is 2.56. The predicted octanol–water partition coefficient (Wildman–Crippen LogP) is 2.33. The van der Waals surface area contributed by atoms with E-state index in [4.69, 9.17) is 4.74 Å². The zero-order chi connectivity index (χ0) is 14.9. The minimum atomic E-state index is -3.30. The van der Waals surface area contributed by atoms with Crippen LogP contribution in [0, 0.1) is 0 Å². The molecule has 108 valence electrons. The van der Waals surface area contributed by atoms with Crippen LogP contribution in [0.25, 0.3) is 5.57 Å². The Morgan fingerprint density at radius 1 is 1.25 bits per heavy atom. The second-order valence-corrected chi connectivity index (χ2v) is 4.62.